The highest BCUT2D eigenvalue weighted by Crippen LogP contribution is 2.03. The van der Waals surface area contributed by atoms with E-state index in [1.54, 1.807) is 0 Å². The van der Waals surface area contributed by atoms with Crippen LogP contribution in [0.25, 0.3) is 0 Å². The van der Waals surface area contributed by atoms with E-state index >= 15 is 0 Å². The molecule has 0 radical (unpaired) electrons. The van der Waals surface area contributed by atoms with Crippen LogP contribution in [-0.2, 0) is 9.59 Å². The molecule has 0 aliphatic carbocycles. The fourth-order valence-corrected chi connectivity index (χ4v) is 0.982. The monoisotopic (exact) mass is 226 g/mol. The van der Waals surface area contributed by atoms with Gasteiger partial charge in [-0.1, -0.05) is 19.1 Å². The molecule has 0 saturated carbocycles. The van der Waals surface area contributed by atoms with Crippen molar-refractivity contribution in [2.45, 2.75) is 13.0 Å². The molecule has 0 aromatic rings. The predicted molar refractivity (Wildman–Crippen MR) is 61.6 cm³/mol. The van der Waals surface area contributed by atoms with Gasteiger partial charge in [0.15, 0.2) is 0 Å². The first kappa shape index (κ1) is 14.4. The van der Waals surface area contributed by atoms with E-state index in [0.29, 0.717) is 6.54 Å². The Balaban J connectivity index is 4.19. The summed E-state index contributed by atoms with van der Waals surface area (Å²) < 4.78 is 0. The molecule has 0 saturated heterocycles. The van der Waals surface area contributed by atoms with Crippen molar-refractivity contribution in [3.05, 3.63) is 25.3 Å². The van der Waals surface area contributed by atoms with Crippen LogP contribution < -0.4 is 10.6 Å². The molecular weight excluding hydrogens is 208 g/mol. The van der Waals surface area contributed by atoms with Gasteiger partial charge in [0.1, 0.15) is 6.10 Å². The van der Waals surface area contributed by atoms with Crippen molar-refractivity contribution in [3.8, 4) is 0 Å². The van der Waals surface area contributed by atoms with E-state index in [-0.39, 0.29) is 12.5 Å². The van der Waals surface area contributed by atoms with Crippen molar-refractivity contribution in [1.82, 2.24) is 10.6 Å². The summed E-state index contributed by atoms with van der Waals surface area (Å²) in [5.74, 6) is -1.77. The first-order chi connectivity index (χ1) is 7.54. The zero-order chi connectivity index (χ0) is 12.6. The van der Waals surface area contributed by atoms with Gasteiger partial charge in [-0.2, -0.15) is 0 Å². The number of aliphatic hydroxyl groups is 1. The molecule has 0 aliphatic rings. The number of aliphatic hydroxyl groups excluding tert-OH is 1. The van der Waals surface area contributed by atoms with E-state index in [1.165, 1.54) is 19.1 Å². The highest BCUT2D eigenvalue weighted by molar-refractivity contribution is 5.89. The Morgan fingerprint density at radius 1 is 1.19 bits per heavy atom. The maximum absolute atomic E-state index is 11.4. The van der Waals surface area contributed by atoms with Crippen molar-refractivity contribution >= 4 is 11.8 Å². The van der Waals surface area contributed by atoms with Gasteiger partial charge >= 0.3 is 0 Å². The highest BCUT2D eigenvalue weighted by Gasteiger charge is 2.27. The largest absolute Gasteiger partial charge is 0.382 e. The van der Waals surface area contributed by atoms with Gasteiger partial charge in [0.2, 0.25) is 11.8 Å². The van der Waals surface area contributed by atoms with E-state index in [0.717, 1.165) is 0 Å². The van der Waals surface area contributed by atoms with Crippen molar-refractivity contribution in [3.63, 3.8) is 0 Å². The third kappa shape index (κ3) is 4.75. The Hall–Kier alpha value is -1.62. The van der Waals surface area contributed by atoms with Crippen LogP contribution in [0, 0.1) is 5.92 Å². The molecule has 2 amide bonds. The number of carbonyl (C=O) groups is 2. The van der Waals surface area contributed by atoms with Crippen LogP contribution in [0.3, 0.4) is 0 Å². The SMILES string of the molecule is C=CCNC(=O)C(C)C(O)C(=O)NCC=C. The molecule has 0 rings (SSSR count). The summed E-state index contributed by atoms with van der Waals surface area (Å²) in [5, 5.41) is 14.5. The van der Waals surface area contributed by atoms with E-state index in [2.05, 4.69) is 23.8 Å². The summed E-state index contributed by atoms with van der Waals surface area (Å²) in [6.07, 6.45) is 1.66. The number of nitrogens with one attached hydrogen (secondary N) is 2. The molecule has 0 fully saturated rings. The number of hydrogen-bond acceptors (Lipinski definition) is 3. The minimum Gasteiger partial charge on any atom is -0.382 e. The van der Waals surface area contributed by atoms with E-state index < -0.39 is 17.9 Å². The van der Waals surface area contributed by atoms with E-state index in [1.807, 2.05) is 0 Å². The second-order valence-electron chi connectivity index (χ2n) is 3.30. The smallest absolute Gasteiger partial charge is 0.249 e. The standard InChI is InChI=1S/C11H18N2O3/c1-4-6-12-10(15)8(3)9(14)11(16)13-7-5-2/h4-5,8-9,14H,1-2,6-7H2,3H3,(H,12,15)(H,13,16). The third-order valence-corrected chi connectivity index (χ3v) is 2.00. The molecule has 0 spiro atoms. The summed E-state index contributed by atoms with van der Waals surface area (Å²) in [7, 11) is 0. The average molecular weight is 226 g/mol. The summed E-state index contributed by atoms with van der Waals surface area (Å²) in [5.41, 5.74) is 0. The molecule has 0 aliphatic heterocycles. The molecule has 0 heterocycles. The summed E-state index contributed by atoms with van der Waals surface area (Å²) >= 11 is 0. The lowest BCUT2D eigenvalue weighted by atomic mass is 10.0. The van der Waals surface area contributed by atoms with Gasteiger partial charge in [-0.05, 0) is 0 Å². The van der Waals surface area contributed by atoms with Gasteiger partial charge in [0.05, 0.1) is 5.92 Å². The van der Waals surface area contributed by atoms with Crippen LogP contribution in [0.5, 0.6) is 0 Å². The molecule has 2 unspecified atom stereocenters. The average Bonchev–Trinajstić information content (AvgIpc) is 2.30. The number of carbonyl (C=O) groups excluding carboxylic acids is 2. The van der Waals surface area contributed by atoms with Gasteiger partial charge in [-0.15, -0.1) is 13.2 Å². The third-order valence-electron chi connectivity index (χ3n) is 2.00. The van der Waals surface area contributed by atoms with Gasteiger partial charge in [0, 0.05) is 13.1 Å². The molecule has 0 bridgehead atoms. The molecule has 0 aromatic carbocycles. The lowest BCUT2D eigenvalue weighted by Gasteiger charge is -2.17. The topological polar surface area (TPSA) is 78.4 Å². The summed E-state index contributed by atoms with van der Waals surface area (Å²) in [6, 6.07) is 0. The van der Waals surface area contributed by atoms with Crippen LogP contribution in [0.4, 0.5) is 0 Å². The zero-order valence-corrected chi connectivity index (χ0v) is 9.40. The van der Waals surface area contributed by atoms with Gasteiger partial charge in [0.25, 0.3) is 0 Å². The summed E-state index contributed by atoms with van der Waals surface area (Å²) in [4.78, 5) is 22.7. The van der Waals surface area contributed by atoms with Crippen LogP contribution in [0.1, 0.15) is 6.92 Å². The second-order valence-corrected chi connectivity index (χ2v) is 3.30. The molecule has 5 heteroatoms. The molecule has 5 nitrogen and oxygen atoms in total. The predicted octanol–water partition coefficient (Wildman–Crippen LogP) is -0.412. The molecule has 90 valence electrons. The molecule has 2 atom stereocenters. The van der Waals surface area contributed by atoms with Crippen molar-refractivity contribution in [2.75, 3.05) is 13.1 Å². The van der Waals surface area contributed by atoms with Crippen LogP contribution in [0.15, 0.2) is 25.3 Å². The molecule has 16 heavy (non-hydrogen) atoms. The number of amides is 2. The van der Waals surface area contributed by atoms with Gasteiger partial charge in [-0.25, -0.2) is 0 Å². The fraction of sp³-hybridized carbons (Fsp3) is 0.455. The number of rotatable bonds is 7. The Bertz CT molecular complexity index is 248. The quantitative estimate of drug-likeness (QED) is 0.516. The Kier molecular flexibility index (Phi) is 6.87. The Morgan fingerprint density at radius 2 is 1.62 bits per heavy atom. The number of hydrogen-bond donors (Lipinski definition) is 3. The maximum Gasteiger partial charge on any atom is 0.249 e. The maximum atomic E-state index is 11.4. The first-order valence-electron chi connectivity index (χ1n) is 4.99. The normalized spacial score (nSPS) is 13.4. The minimum atomic E-state index is -1.36. The lowest BCUT2D eigenvalue weighted by molar-refractivity contribution is -0.139. The van der Waals surface area contributed by atoms with E-state index in [9.17, 15) is 14.7 Å². The zero-order valence-electron chi connectivity index (χ0n) is 9.40. The van der Waals surface area contributed by atoms with Crippen molar-refractivity contribution in [2.24, 2.45) is 5.92 Å². The molecule has 3 N–H and O–H groups in total. The van der Waals surface area contributed by atoms with E-state index in [4.69, 9.17) is 0 Å². The highest BCUT2D eigenvalue weighted by atomic mass is 16.3. The Labute approximate surface area is 95.2 Å². The first-order valence-corrected chi connectivity index (χ1v) is 4.99. The lowest BCUT2D eigenvalue weighted by Crippen LogP contribution is -2.44. The fourth-order valence-electron chi connectivity index (χ4n) is 0.982. The Morgan fingerprint density at radius 3 is 2.06 bits per heavy atom. The van der Waals surface area contributed by atoms with Gasteiger partial charge < -0.3 is 15.7 Å². The van der Waals surface area contributed by atoms with Crippen molar-refractivity contribution in [1.29, 1.82) is 0 Å². The molecule has 0 aromatic heterocycles. The van der Waals surface area contributed by atoms with Crippen molar-refractivity contribution < 1.29 is 14.7 Å². The summed E-state index contributed by atoms with van der Waals surface area (Å²) in [6.45, 7) is 8.92. The second kappa shape index (κ2) is 7.64. The van der Waals surface area contributed by atoms with Crippen LogP contribution in [-0.4, -0.2) is 36.1 Å². The minimum absolute atomic E-state index is 0.261. The van der Waals surface area contributed by atoms with Crippen LogP contribution >= 0.6 is 0 Å². The van der Waals surface area contributed by atoms with Gasteiger partial charge in [-0.3, -0.25) is 9.59 Å². The molecular formula is C11H18N2O3. The van der Waals surface area contributed by atoms with Crippen LogP contribution in [0.2, 0.25) is 0 Å².